The van der Waals surface area contributed by atoms with Gasteiger partial charge >= 0.3 is 0 Å². The molecule has 1 saturated carbocycles. The van der Waals surface area contributed by atoms with Crippen LogP contribution in [0.2, 0.25) is 0 Å². The Morgan fingerprint density at radius 2 is 2.15 bits per heavy atom. The number of rotatable bonds is 2. The van der Waals surface area contributed by atoms with Gasteiger partial charge in [-0.05, 0) is 26.7 Å². The Morgan fingerprint density at radius 3 is 2.69 bits per heavy atom. The predicted octanol–water partition coefficient (Wildman–Crippen LogP) is 0.194. The van der Waals surface area contributed by atoms with Gasteiger partial charge in [-0.1, -0.05) is 0 Å². The molecule has 2 fully saturated rings. The third-order valence-corrected chi connectivity index (χ3v) is 3.18. The van der Waals surface area contributed by atoms with E-state index in [1.165, 1.54) is 12.8 Å². The number of nitrogens with one attached hydrogen (secondary N) is 1. The van der Waals surface area contributed by atoms with Crippen LogP contribution in [-0.4, -0.2) is 47.3 Å². The molecule has 2 aliphatic rings. The van der Waals surface area contributed by atoms with Gasteiger partial charge in [0.1, 0.15) is 0 Å². The van der Waals surface area contributed by atoms with E-state index in [4.69, 9.17) is 0 Å². The molecule has 3 nitrogen and oxygen atoms in total. The van der Waals surface area contributed by atoms with Gasteiger partial charge in [0, 0.05) is 30.7 Å². The molecule has 1 saturated heterocycles. The minimum absolute atomic E-state index is 0.215. The Labute approximate surface area is 80.1 Å². The fourth-order valence-electron chi connectivity index (χ4n) is 2.53. The van der Waals surface area contributed by atoms with Crippen molar-refractivity contribution in [2.24, 2.45) is 0 Å². The Hall–Kier alpha value is -0.120. The van der Waals surface area contributed by atoms with Gasteiger partial charge in [-0.3, -0.25) is 4.90 Å². The standard InChI is InChI=1S/C10H20N2O/c1-10(2)7-11-5-9(6-13)12(10)8-3-4-8/h8-9,11,13H,3-7H2,1-2H3. The lowest BCUT2D eigenvalue weighted by Gasteiger charge is -2.48. The number of aliphatic hydroxyl groups is 1. The van der Waals surface area contributed by atoms with Gasteiger partial charge in [0.15, 0.2) is 0 Å². The second kappa shape index (κ2) is 3.23. The molecule has 13 heavy (non-hydrogen) atoms. The molecule has 0 aromatic heterocycles. The smallest absolute Gasteiger partial charge is 0.0599 e. The molecule has 1 aliphatic heterocycles. The van der Waals surface area contributed by atoms with Crippen LogP contribution in [0.1, 0.15) is 26.7 Å². The molecule has 2 rings (SSSR count). The maximum Gasteiger partial charge on any atom is 0.0599 e. The Balaban J connectivity index is 2.11. The molecule has 76 valence electrons. The average Bonchev–Trinajstić information content (AvgIpc) is 2.85. The fraction of sp³-hybridized carbons (Fsp3) is 1.00. The highest BCUT2D eigenvalue weighted by molar-refractivity contribution is 5.01. The molecule has 3 heteroatoms. The van der Waals surface area contributed by atoms with Crippen LogP contribution in [-0.2, 0) is 0 Å². The summed E-state index contributed by atoms with van der Waals surface area (Å²) in [6.45, 7) is 6.80. The third kappa shape index (κ3) is 1.73. The molecule has 1 aliphatic carbocycles. The summed E-state index contributed by atoms with van der Waals surface area (Å²) in [5, 5.41) is 12.7. The van der Waals surface area contributed by atoms with Crippen LogP contribution in [0.4, 0.5) is 0 Å². The van der Waals surface area contributed by atoms with Crippen LogP contribution in [0.3, 0.4) is 0 Å². The van der Waals surface area contributed by atoms with Crippen LogP contribution < -0.4 is 5.32 Å². The number of hydrogen-bond acceptors (Lipinski definition) is 3. The van der Waals surface area contributed by atoms with Gasteiger partial charge in [0.25, 0.3) is 0 Å². The highest BCUT2D eigenvalue weighted by Crippen LogP contribution is 2.35. The monoisotopic (exact) mass is 184 g/mol. The first kappa shape index (κ1) is 9.44. The van der Waals surface area contributed by atoms with E-state index in [9.17, 15) is 5.11 Å². The van der Waals surface area contributed by atoms with E-state index in [1.807, 2.05) is 0 Å². The van der Waals surface area contributed by atoms with Crippen molar-refractivity contribution in [3.63, 3.8) is 0 Å². The Bertz CT molecular complexity index is 189. The first-order valence-electron chi connectivity index (χ1n) is 5.25. The van der Waals surface area contributed by atoms with Crippen molar-refractivity contribution in [3.05, 3.63) is 0 Å². The molecule has 2 N–H and O–H groups in total. The summed E-state index contributed by atoms with van der Waals surface area (Å²) in [6, 6.07) is 1.07. The van der Waals surface area contributed by atoms with E-state index in [2.05, 4.69) is 24.1 Å². The molecule has 1 unspecified atom stereocenters. The van der Waals surface area contributed by atoms with Crippen molar-refractivity contribution < 1.29 is 5.11 Å². The molecule has 0 spiro atoms. The summed E-state index contributed by atoms with van der Waals surface area (Å²) in [5.41, 5.74) is 0.215. The molecular weight excluding hydrogens is 164 g/mol. The highest BCUT2D eigenvalue weighted by Gasteiger charge is 2.44. The number of hydrogen-bond donors (Lipinski definition) is 2. The van der Waals surface area contributed by atoms with Crippen LogP contribution in [0.5, 0.6) is 0 Å². The molecular formula is C10H20N2O. The van der Waals surface area contributed by atoms with Crippen LogP contribution in [0, 0.1) is 0 Å². The van der Waals surface area contributed by atoms with Crippen molar-refractivity contribution in [1.82, 2.24) is 10.2 Å². The number of nitrogens with zero attached hydrogens (tertiary/aromatic N) is 1. The quantitative estimate of drug-likeness (QED) is 0.643. The van der Waals surface area contributed by atoms with E-state index < -0.39 is 0 Å². The highest BCUT2D eigenvalue weighted by atomic mass is 16.3. The van der Waals surface area contributed by atoms with Crippen LogP contribution in [0.25, 0.3) is 0 Å². The maximum atomic E-state index is 9.29. The van der Waals surface area contributed by atoms with E-state index in [0.29, 0.717) is 6.04 Å². The summed E-state index contributed by atoms with van der Waals surface area (Å²) in [6.07, 6.45) is 2.64. The van der Waals surface area contributed by atoms with Crippen molar-refractivity contribution >= 4 is 0 Å². The van der Waals surface area contributed by atoms with Crippen molar-refractivity contribution in [1.29, 1.82) is 0 Å². The van der Waals surface area contributed by atoms with Gasteiger partial charge in [-0.25, -0.2) is 0 Å². The zero-order chi connectivity index (χ0) is 9.47. The van der Waals surface area contributed by atoms with E-state index in [1.54, 1.807) is 0 Å². The van der Waals surface area contributed by atoms with Crippen LogP contribution in [0.15, 0.2) is 0 Å². The molecule has 0 aromatic carbocycles. The van der Waals surface area contributed by atoms with E-state index in [0.717, 1.165) is 19.1 Å². The maximum absolute atomic E-state index is 9.29. The van der Waals surface area contributed by atoms with Crippen molar-refractivity contribution in [2.45, 2.75) is 44.3 Å². The fourth-order valence-corrected chi connectivity index (χ4v) is 2.53. The molecule has 1 atom stereocenters. The normalized spacial score (nSPS) is 34.8. The Kier molecular flexibility index (Phi) is 2.34. The first-order valence-corrected chi connectivity index (χ1v) is 5.25. The summed E-state index contributed by atoms with van der Waals surface area (Å²) in [7, 11) is 0. The minimum Gasteiger partial charge on any atom is -0.395 e. The van der Waals surface area contributed by atoms with Crippen molar-refractivity contribution in [2.75, 3.05) is 19.7 Å². The second-order valence-corrected chi connectivity index (χ2v) is 4.92. The molecule has 0 bridgehead atoms. The summed E-state index contributed by atoms with van der Waals surface area (Å²) in [4.78, 5) is 2.52. The summed E-state index contributed by atoms with van der Waals surface area (Å²) < 4.78 is 0. The summed E-state index contributed by atoms with van der Waals surface area (Å²) in [5.74, 6) is 0. The molecule has 0 amide bonds. The lowest BCUT2D eigenvalue weighted by atomic mass is 9.96. The largest absolute Gasteiger partial charge is 0.395 e. The van der Waals surface area contributed by atoms with Gasteiger partial charge in [-0.15, -0.1) is 0 Å². The molecule has 0 aromatic rings. The van der Waals surface area contributed by atoms with E-state index in [-0.39, 0.29) is 12.1 Å². The SMILES string of the molecule is CC1(C)CNCC(CO)N1C1CC1. The zero-order valence-corrected chi connectivity index (χ0v) is 8.58. The zero-order valence-electron chi connectivity index (χ0n) is 8.58. The molecule has 0 radical (unpaired) electrons. The first-order chi connectivity index (χ1) is 6.15. The number of aliphatic hydroxyl groups excluding tert-OH is 1. The van der Waals surface area contributed by atoms with Gasteiger partial charge in [-0.2, -0.15) is 0 Å². The third-order valence-electron chi connectivity index (χ3n) is 3.18. The molecule has 1 heterocycles. The van der Waals surface area contributed by atoms with Gasteiger partial charge in [0.05, 0.1) is 6.61 Å². The topological polar surface area (TPSA) is 35.5 Å². The van der Waals surface area contributed by atoms with E-state index >= 15 is 0 Å². The summed E-state index contributed by atoms with van der Waals surface area (Å²) >= 11 is 0. The lowest BCUT2D eigenvalue weighted by molar-refractivity contribution is 0.00250. The van der Waals surface area contributed by atoms with Crippen molar-refractivity contribution in [3.8, 4) is 0 Å². The lowest BCUT2D eigenvalue weighted by Crippen LogP contribution is -2.64. The van der Waals surface area contributed by atoms with Crippen LogP contribution >= 0.6 is 0 Å². The second-order valence-electron chi connectivity index (χ2n) is 4.92. The van der Waals surface area contributed by atoms with Gasteiger partial charge in [0.2, 0.25) is 0 Å². The predicted molar refractivity (Wildman–Crippen MR) is 52.7 cm³/mol. The van der Waals surface area contributed by atoms with Gasteiger partial charge < -0.3 is 10.4 Å². The minimum atomic E-state index is 0.215. The number of piperazine rings is 1. The Morgan fingerprint density at radius 1 is 1.46 bits per heavy atom. The average molecular weight is 184 g/mol.